The van der Waals surface area contributed by atoms with Crippen molar-refractivity contribution in [3.05, 3.63) is 46.5 Å². The molecule has 1 aromatic rings. The molecule has 0 saturated heterocycles. The van der Waals surface area contributed by atoms with Crippen LogP contribution >= 0.6 is 15.9 Å². The van der Waals surface area contributed by atoms with E-state index in [0.717, 1.165) is 15.6 Å². The number of amides is 1. The Balaban J connectivity index is 2.98. The molecule has 0 saturated carbocycles. The summed E-state index contributed by atoms with van der Waals surface area (Å²) in [4.78, 5) is 12.0. The standard InChI is InChI=1S/C14H18BrNO/c1-10(15)9-16-13(17)11-7-5-6-8-12(11)14(2,3)4/h5-8H,1,9H2,2-4H3,(H,16,17). The average Bonchev–Trinajstić information content (AvgIpc) is 2.24. The number of carbonyl (C=O) groups is 1. The zero-order valence-electron chi connectivity index (χ0n) is 10.5. The molecule has 3 heteroatoms. The van der Waals surface area contributed by atoms with Crippen LogP contribution < -0.4 is 5.32 Å². The van der Waals surface area contributed by atoms with Gasteiger partial charge in [0.05, 0.1) is 0 Å². The van der Waals surface area contributed by atoms with Gasteiger partial charge < -0.3 is 5.32 Å². The van der Waals surface area contributed by atoms with E-state index in [-0.39, 0.29) is 11.3 Å². The quantitative estimate of drug-likeness (QED) is 0.907. The van der Waals surface area contributed by atoms with Gasteiger partial charge in [0.2, 0.25) is 0 Å². The van der Waals surface area contributed by atoms with Crippen LogP contribution in [-0.2, 0) is 5.41 Å². The fraction of sp³-hybridized carbons (Fsp3) is 0.357. The zero-order valence-corrected chi connectivity index (χ0v) is 12.1. The molecule has 0 atom stereocenters. The van der Waals surface area contributed by atoms with E-state index in [4.69, 9.17) is 0 Å². The molecule has 0 heterocycles. The van der Waals surface area contributed by atoms with Crippen LogP contribution in [0.4, 0.5) is 0 Å². The van der Waals surface area contributed by atoms with Crippen molar-refractivity contribution < 1.29 is 4.79 Å². The van der Waals surface area contributed by atoms with Gasteiger partial charge in [0.15, 0.2) is 0 Å². The lowest BCUT2D eigenvalue weighted by atomic mass is 9.83. The van der Waals surface area contributed by atoms with Crippen molar-refractivity contribution in [3.63, 3.8) is 0 Å². The highest BCUT2D eigenvalue weighted by Crippen LogP contribution is 2.25. The van der Waals surface area contributed by atoms with Crippen molar-refractivity contribution in [3.8, 4) is 0 Å². The Kier molecular flexibility index (Phi) is 4.52. The topological polar surface area (TPSA) is 29.1 Å². The van der Waals surface area contributed by atoms with E-state index in [1.165, 1.54) is 0 Å². The second-order valence-electron chi connectivity index (χ2n) is 5.00. The fourth-order valence-corrected chi connectivity index (χ4v) is 1.75. The molecular weight excluding hydrogens is 278 g/mol. The summed E-state index contributed by atoms with van der Waals surface area (Å²) in [5, 5.41) is 2.83. The molecule has 0 bridgehead atoms. The number of hydrogen-bond acceptors (Lipinski definition) is 1. The molecule has 0 spiro atoms. The third-order valence-electron chi connectivity index (χ3n) is 2.42. The molecule has 0 radical (unpaired) electrons. The van der Waals surface area contributed by atoms with E-state index in [1.54, 1.807) is 0 Å². The highest BCUT2D eigenvalue weighted by molar-refractivity contribution is 9.11. The van der Waals surface area contributed by atoms with E-state index in [2.05, 4.69) is 48.6 Å². The molecule has 1 aromatic carbocycles. The predicted molar refractivity (Wildman–Crippen MR) is 75.5 cm³/mol. The summed E-state index contributed by atoms with van der Waals surface area (Å²) in [6.45, 7) is 10.4. The molecule has 2 nitrogen and oxygen atoms in total. The normalized spacial score (nSPS) is 11.1. The Morgan fingerprint density at radius 1 is 1.35 bits per heavy atom. The molecule has 1 N–H and O–H groups in total. The molecule has 0 fully saturated rings. The number of carbonyl (C=O) groups excluding carboxylic acids is 1. The van der Waals surface area contributed by atoms with Crippen LogP contribution in [0.25, 0.3) is 0 Å². The third kappa shape index (κ3) is 4.00. The Bertz CT molecular complexity index is 432. The molecule has 0 aliphatic rings. The van der Waals surface area contributed by atoms with Gasteiger partial charge in [-0.3, -0.25) is 4.79 Å². The van der Waals surface area contributed by atoms with Crippen LogP contribution in [0.1, 0.15) is 36.7 Å². The summed E-state index contributed by atoms with van der Waals surface area (Å²) in [6, 6.07) is 7.69. The summed E-state index contributed by atoms with van der Waals surface area (Å²) in [5.41, 5.74) is 1.74. The Morgan fingerprint density at radius 3 is 2.47 bits per heavy atom. The minimum Gasteiger partial charge on any atom is -0.347 e. The minimum absolute atomic E-state index is 0.0423. The van der Waals surface area contributed by atoms with Gasteiger partial charge in [-0.2, -0.15) is 0 Å². The van der Waals surface area contributed by atoms with Crippen molar-refractivity contribution in [2.45, 2.75) is 26.2 Å². The van der Waals surface area contributed by atoms with E-state index in [1.807, 2.05) is 24.3 Å². The van der Waals surface area contributed by atoms with Crippen LogP contribution in [0.3, 0.4) is 0 Å². The minimum atomic E-state index is -0.0591. The Hall–Kier alpha value is -1.09. The van der Waals surface area contributed by atoms with Crippen LogP contribution in [0.5, 0.6) is 0 Å². The van der Waals surface area contributed by atoms with E-state index in [9.17, 15) is 4.79 Å². The molecular formula is C14H18BrNO. The molecule has 0 aliphatic carbocycles. The number of rotatable bonds is 3. The van der Waals surface area contributed by atoms with Gasteiger partial charge in [-0.1, -0.05) is 61.5 Å². The first-order chi connectivity index (χ1) is 7.82. The van der Waals surface area contributed by atoms with Crippen molar-refractivity contribution in [1.29, 1.82) is 0 Å². The summed E-state index contributed by atoms with van der Waals surface area (Å²) in [5.74, 6) is -0.0591. The first kappa shape index (κ1) is 14.0. The van der Waals surface area contributed by atoms with Crippen LogP contribution in [0.15, 0.2) is 35.3 Å². The van der Waals surface area contributed by atoms with Gasteiger partial charge >= 0.3 is 0 Å². The highest BCUT2D eigenvalue weighted by atomic mass is 79.9. The largest absolute Gasteiger partial charge is 0.347 e. The van der Waals surface area contributed by atoms with Crippen molar-refractivity contribution in [1.82, 2.24) is 5.32 Å². The number of halogens is 1. The second kappa shape index (κ2) is 5.50. The number of nitrogens with one attached hydrogen (secondary N) is 1. The first-order valence-electron chi connectivity index (χ1n) is 5.53. The molecule has 0 aliphatic heterocycles. The Labute approximate surface area is 111 Å². The summed E-state index contributed by atoms with van der Waals surface area (Å²) < 4.78 is 0.763. The van der Waals surface area contributed by atoms with Crippen LogP contribution in [0.2, 0.25) is 0 Å². The van der Waals surface area contributed by atoms with Crippen LogP contribution in [0, 0.1) is 0 Å². The lowest BCUT2D eigenvalue weighted by Crippen LogP contribution is -2.27. The van der Waals surface area contributed by atoms with E-state index < -0.39 is 0 Å². The average molecular weight is 296 g/mol. The van der Waals surface area contributed by atoms with Gasteiger partial charge in [0.1, 0.15) is 0 Å². The summed E-state index contributed by atoms with van der Waals surface area (Å²) in [6.07, 6.45) is 0. The fourth-order valence-electron chi connectivity index (χ4n) is 1.61. The summed E-state index contributed by atoms with van der Waals surface area (Å²) >= 11 is 3.22. The smallest absolute Gasteiger partial charge is 0.251 e. The van der Waals surface area contributed by atoms with Gasteiger partial charge in [-0.15, -0.1) is 0 Å². The lowest BCUT2D eigenvalue weighted by Gasteiger charge is -2.22. The maximum Gasteiger partial charge on any atom is 0.251 e. The van der Waals surface area contributed by atoms with E-state index in [0.29, 0.717) is 6.54 Å². The number of hydrogen-bond donors (Lipinski definition) is 1. The van der Waals surface area contributed by atoms with Crippen molar-refractivity contribution >= 4 is 21.8 Å². The Morgan fingerprint density at radius 2 is 1.94 bits per heavy atom. The number of benzene rings is 1. The molecule has 1 amide bonds. The van der Waals surface area contributed by atoms with Crippen LogP contribution in [-0.4, -0.2) is 12.5 Å². The SMILES string of the molecule is C=C(Br)CNC(=O)c1ccccc1C(C)(C)C. The molecule has 0 unspecified atom stereocenters. The molecule has 1 rings (SSSR count). The maximum atomic E-state index is 12.0. The molecule has 92 valence electrons. The van der Waals surface area contributed by atoms with Crippen molar-refractivity contribution in [2.75, 3.05) is 6.54 Å². The molecule has 0 aromatic heterocycles. The van der Waals surface area contributed by atoms with Gasteiger partial charge in [-0.25, -0.2) is 0 Å². The monoisotopic (exact) mass is 295 g/mol. The van der Waals surface area contributed by atoms with E-state index >= 15 is 0 Å². The highest BCUT2D eigenvalue weighted by Gasteiger charge is 2.20. The maximum absolute atomic E-state index is 12.0. The predicted octanol–water partition coefficient (Wildman–Crippen LogP) is 3.62. The van der Waals surface area contributed by atoms with Gasteiger partial charge in [0, 0.05) is 16.6 Å². The first-order valence-corrected chi connectivity index (χ1v) is 6.32. The lowest BCUT2D eigenvalue weighted by molar-refractivity contribution is 0.0955. The van der Waals surface area contributed by atoms with Gasteiger partial charge in [-0.05, 0) is 17.0 Å². The van der Waals surface area contributed by atoms with Gasteiger partial charge in [0.25, 0.3) is 5.91 Å². The third-order valence-corrected chi connectivity index (χ3v) is 2.70. The molecule has 17 heavy (non-hydrogen) atoms. The van der Waals surface area contributed by atoms with Crippen molar-refractivity contribution in [2.24, 2.45) is 0 Å². The second-order valence-corrected chi connectivity index (χ2v) is 6.12. The summed E-state index contributed by atoms with van der Waals surface area (Å²) in [7, 11) is 0. The zero-order chi connectivity index (χ0) is 13.1.